The van der Waals surface area contributed by atoms with E-state index in [1.165, 1.54) is 18.1 Å². The van der Waals surface area contributed by atoms with E-state index in [-0.39, 0.29) is 17.5 Å². The van der Waals surface area contributed by atoms with Crippen LogP contribution in [0, 0.1) is 10.1 Å². The fourth-order valence-corrected chi connectivity index (χ4v) is 2.65. The SMILES string of the molecule is CCC(C)Nc1ncnc(Sc2ccc(Cl)cc2)c1[N+](=O)[O-]. The van der Waals surface area contributed by atoms with Crippen molar-refractivity contribution in [2.45, 2.75) is 36.2 Å². The Balaban J connectivity index is 2.36. The third-order valence-corrected chi connectivity index (χ3v) is 4.25. The fraction of sp³-hybridized carbons (Fsp3) is 0.286. The lowest BCUT2D eigenvalue weighted by Gasteiger charge is -2.12. The van der Waals surface area contributed by atoms with Crippen LogP contribution in [-0.4, -0.2) is 20.9 Å². The summed E-state index contributed by atoms with van der Waals surface area (Å²) >= 11 is 7.05. The first kappa shape index (κ1) is 16.5. The fourth-order valence-electron chi connectivity index (χ4n) is 1.66. The number of nitrogens with zero attached hydrogens (tertiary/aromatic N) is 3. The van der Waals surface area contributed by atoms with E-state index in [1.807, 2.05) is 13.8 Å². The molecule has 1 heterocycles. The molecule has 2 aromatic rings. The summed E-state index contributed by atoms with van der Waals surface area (Å²) in [5, 5.41) is 15.4. The molecule has 0 saturated heterocycles. The van der Waals surface area contributed by atoms with Gasteiger partial charge in [-0.1, -0.05) is 30.3 Å². The monoisotopic (exact) mass is 338 g/mol. The number of halogens is 1. The molecule has 2 rings (SSSR count). The number of hydrogen-bond donors (Lipinski definition) is 1. The summed E-state index contributed by atoms with van der Waals surface area (Å²) in [5.74, 6) is 0.241. The number of hydrogen-bond acceptors (Lipinski definition) is 6. The highest BCUT2D eigenvalue weighted by Crippen LogP contribution is 2.37. The van der Waals surface area contributed by atoms with E-state index >= 15 is 0 Å². The third-order valence-electron chi connectivity index (χ3n) is 2.99. The predicted octanol–water partition coefficient (Wildman–Crippen LogP) is 4.40. The van der Waals surface area contributed by atoms with Gasteiger partial charge in [0.15, 0.2) is 5.03 Å². The molecule has 0 aliphatic heterocycles. The smallest absolute Gasteiger partial charge is 0.343 e. The third kappa shape index (κ3) is 4.08. The highest BCUT2D eigenvalue weighted by Gasteiger charge is 2.24. The summed E-state index contributed by atoms with van der Waals surface area (Å²) in [5.41, 5.74) is -0.109. The number of anilines is 1. The van der Waals surface area contributed by atoms with E-state index in [1.54, 1.807) is 24.3 Å². The standard InChI is InChI=1S/C14H15ClN4O2S/c1-3-9(2)18-13-12(19(20)21)14(17-8-16-13)22-11-6-4-10(15)5-7-11/h4-9H,3H2,1-2H3,(H,16,17,18). The van der Waals surface area contributed by atoms with Crippen LogP contribution in [-0.2, 0) is 0 Å². The van der Waals surface area contributed by atoms with Gasteiger partial charge in [-0.3, -0.25) is 10.1 Å². The molecule has 0 fully saturated rings. The van der Waals surface area contributed by atoms with Crippen LogP contribution in [0.25, 0.3) is 0 Å². The molecule has 116 valence electrons. The molecule has 8 heteroatoms. The zero-order valence-corrected chi connectivity index (χ0v) is 13.7. The van der Waals surface area contributed by atoms with Gasteiger partial charge in [0.25, 0.3) is 0 Å². The van der Waals surface area contributed by atoms with Crippen molar-refractivity contribution in [3.05, 3.63) is 45.7 Å². The minimum Gasteiger partial charge on any atom is -0.362 e. The van der Waals surface area contributed by atoms with Gasteiger partial charge in [-0.25, -0.2) is 9.97 Å². The summed E-state index contributed by atoms with van der Waals surface area (Å²) in [4.78, 5) is 19.8. The molecule has 0 saturated carbocycles. The first-order valence-electron chi connectivity index (χ1n) is 6.70. The summed E-state index contributed by atoms with van der Waals surface area (Å²) in [6, 6.07) is 7.13. The van der Waals surface area contributed by atoms with Crippen LogP contribution in [0.3, 0.4) is 0 Å². The van der Waals surface area contributed by atoms with Gasteiger partial charge in [-0.15, -0.1) is 0 Å². The maximum Gasteiger partial charge on any atom is 0.343 e. The molecular weight excluding hydrogens is 324 g/mol. The molecule has 1 N–H and O–H groups in total. The van der Waals surface area contributed by atoms with E-state index in [0.29, 0.717) is 10.0 Å². The van der Waals surface area contributed by atoms with Crippen molar-refractivity contribution < 1.29 is 4.92 Å². The normalized spacial score (nSPS) is 12.0. The Bertz CT molecular complexity index is 666. The summed E-state index contributed by atoms with van der Waals surface area (Å²) in [6.45, 7) is 3.94. The molecule has 1 aromatic heterocycles. The Morgan fingerprint density at radius 1 is 1.36 bits per heavy atom. The van der Waals surface area contributed by atoms with E-state index in [9.17, 15) is 10.1 Å². The minimum absolute atomic E-state index is 0.0852. The zero-order valence-electron chi connectivity index (χ0n) is 12.1. The molecule has 0 aliphatic rings. The lowest BCUT2D eigenvalue weighted by molar-refractivity contribution is -0.387. The van der Waals surface area contributed by atoms with Crippen molar-refractivity contribution in [1.82, 2.24) is 9.97 Å². The molecule has 1 atom stereocenters. The molecule has 1 unspecified atom stereocenters. The lowest BCUT2D eigenvalue weighted by atomic mass is 10.2. The quantitative estimate of drug-likeness (QED) is 0.477. The Labute approximate surface area is 137 Å². The topological polar surface area (TPSA) is 81.0 Å². The molecule has 0 spiro atoms. The van der Waals surface area contributed by atoms with Gasteiger partial charge in [-0.05, 0) is 37.6 Å². The average molecular weight is 339 g/mol. The molecule has 1 aromatic carbocycles. The zero-order chi connectivity index (χ0) is 16.1. The summed E-state index contributed by atoms with van der Waals surface area (Å²) in [6.07, 6.45) is 2.16. The van der Waals surface area contributed by atoms with E-state index in [2.05, 4.69) is 15.3 Å². The van der Waals surface area contributed by atoms with Crippen molar-refractivity contribution in [2.75, 3.05) is 5.32 Å². The number of nitrogens with one attached hydrogen (secondary N) is 1. The van der Waals surface area contributed by atoms with Crippen LogP contribution in [0.5, 0.6) is 0 Å². The van der Waals surface area contributed by atoms with Gasteiger partial charge in [0.05, 0.1) is 4.92 Å². The second kappa shape index (κ2) is 7.42. The summed E-state index contributed by atoms with van der Waals surface area (Å²) in [7, 11) is 0. The van der Waals surface area contributed by atoms with Crippen LogP contribution < -0.4 is 5.32 Å². The first-order chi connectivity index (χ1) is 10.5. The van der Waals surface area contributed by atoms with Gasteiger partial charge >= 0.3 is 5.69 Å². The van der Waals surface area contributed by atoms with Crippen LogP contribution >= 0.6 is 23.4 Å². The van der Waals surface area contributed by atoms with E-state index in [4.69, 9.17) is 11.6 Å². The van der Waals surface area contributed by atoms with Crippen LogP contribution in [0.4, 0.5) is 11.5 Å². The first-order valence-corrected chi connectivity index (χ1v) is 7.90. The van der Waals surface area contributed by atoms with Crippen LogP contribution in [0.2, 0.25) is 5.02 Å². The van der Waals surface area contributed by atoms with Crippen molar-refractivity contribution >= 4 is 34.9 Å². The number of rotatable bonds is 6. The Kier molecular flexibility index (Phi) is 5.57. The second-order valence-electron chi connectivity index (χ2n) is 4.64. The molecule has 0 bridgehead atoms. The number of benzene rings is 1. The molecule has 0 radical (unpaired) electrons. The molecule has 0 aliphatic carbocycles. The second-order valence-corrected chi connectivity index (χ2v) is 6.14. The molecular formula is C14H15ClN4O2S. The number of nitro groups is 1. The Hall–Kier alpha value is -1.86. The van der Waals surface area contributed by atoms with Gasteiger partial charge < -0.3 is 5.32 Å². The van der Waals surface area contributed by atoms with Gasteiger partial charge in [-0.2, -0.15) is 0 Å². The van der Waals surface area contributed by atoms with Crippen LogP contribution in [0.15, 0.2) is 40.5 Å². The van der Waals surface area contributed by atoms with E-state index < -0.39 is 4.92 Å². The summed E-state index contributed by atoms with van der Waals surface area (Å²) < 4.78 is 0. The minimum atomic E-state index is -0.455. The van der Waals surface area contributed by atoms with Gasteiger partial charge in [0, 0.05) is 16.0 Å². The van der Waals surface area contributed by atoms with Crippen LogP contribution in [0.1, 0.15) is 20.3 Å². The van der Waals surface area contributed by atoms with Gasteiger partial charge in [0.1, 0.15) is 6.33 Å². The molecule has 6 nitrogen and oxygen atoms in total. The largest absolute Gasteiger partial charge is 0.362 e. The molecule has 0 amide bonds. The highest BCUT2D eigenvalue weighted by atomic mass is 35.5. The maximum atomic E-state index is 11.4. The maximum absolute atomic E-state index is 11.4. The molecule has 22 heavy (non-hydrogen) atoms. The average Bonchev–Trinajstić information content (AvgIpc) is 2.49. The number of aromatic nitrogens is 2. The van der Waals surface area contributed by atoms with Gasteiger partial charge in [0.2, 0.25) is 5.82 Å². The Morgan fingerprint density at radius 2 is 2.05 bits per heavy atom. The highest BCUT2D eigenvalue weighted by molar-refractivity contribution is 7.99. The van der Waals surface area contributed by atoms with Crippen molar-refractivity contribution in [2.24, 2.45) is 0 Å². The van der Waals surface area contributed by atoms with Crippen molar-refractivity contribution in [1.29, 1.82) is 0 Å². The van der Waals surface area contributed by atoms with E-state index in [0.717, 1.165) is 11.3 Å². The van der Waals surface area contributed by atoms with Crippen molar-refractivity contribution in [3.63, 3.8) is 0 Å². The van der Waals surface area contributed by atoms with Crippen molar-refractivity contribution in [3.8, 4) is 0 Å². The Morgan fingerprint density at radius 3 is 2.64 bits per heavy atom. The lowest BCUT2D eigenvalue weighted by Crippen LogP contribution is -2.16. The predicted molar refractivity (Wildman–Crippen MR) is 87.6 cm³/mol.